The third-order valence-corrected chi connectivity index (χ3v) is 2.15. The Bertz CT molecular complexity index is 533. The molecular formula is C13H10N2O2. The van der Waals surface area contributed by atoms with Crippen LogP contribution >= 0.6 is 0 Å². The van der Waals surface area contributed by atoms with Crippen LogP contribution < -0.4 is 0 Å². The summed E-state index contributed by atoms with van der Waals surface area (Å²) in [6.45, 7) is 0. The Hall–Kier alpha value is -2.49. The zero-order valence-electron chi connectivity index (χ0n) is 8.95. The zero-order valence-corrected chi connectivity index (χ0v) is 8.95. The SMILES string of the molecule is O=C(O)c1ccc(N=Cc2ccccn2)cc1. The summed E-state index contributed by atoms with van der Waals surface area (Å²) in [5.74, 6) is -0.940. The molecule has 2 aromatic rings. The predicted octanol–water partition coefficient (Wildman–Crippen LogP) is 2.53. The lowest BCUT2D eigenvalue weighted by molar-refractivity contribution is 0.0697. The second-order valence-electron chi connectivity index (χ2n) is 3.36. The maximum absolute atomic E-state index is 10.6. The van der Waals surface area contributed by atoms with Crippen molar-refractivity contribution in [2.75, 3.05) is 0 Å². The van der Waals surface area contributed by atoms with Crippen molar-refractivity contribution in [3.8, 4) is 0 Å². The molecule has 1 aromatic carbocycles. The molecule has 0 spiro atoms. The molecule has 0 bridgehead atoms. The molecule has 0 radical (unpaired) electrons. The summed E-state index contributed by atoms with van der Waals surface area (Å²) < 4.78 is 0. The van der Waals surface area contributed by atoms with Crippen LogP contribution in [0.5, 0.6) is 0 Å². The highest BCUT2D eigenvalue weighted by molar-refractivity contribution is 5.88. The van der Waals surface area contributed by atoms with E-state index in [9.17, 15) is 4.79 Å². The molecule has 0 saturated heterocycles. The number of carboxylic acid groups (broad SMARTS) is 1. The number of aliphatic imine (C=N–C) groups is 1. The molecule has 4 heteroatoms. The van der Waals surface area contributed by atoms with Crippen molar-refractivity contribution in [2.24, 2.45) is 4.99 Å². The van der Waals surface area contributed by atoms with E-state index in [-0.39, 0.29) is 5.56 Å². The van der Waals surface area contributed by atoms with Gasteiger partial charge in [0.15, 0.2) is 0 Å². The summed E-state index contributed by atoms with van der Waals surface area (Å²) in [5.41, 5.74) is 1.71. The lowest BCUT2D eigenvalue weighted by Gasteiger charge is -1.95. The monoisotopic (exact) mass is 226 g/mol. The summed E-state index contributed by atoms with van der Waals surface area (Å²) in [6.07, 6.45) is 3.32. The van der Waals surface area contributed by atoms with Gasteiger partial charge in [0.05, 0.1) is 23.2 Å². The number of carbonyl (C=O) groups is 1. The van der Waals surface area contributed by atoms with Crippen LogP contribution in [0.1, 0.15) is 16.1 Å². The Morgan fingerprint density at radius 3 is 2.53 bits per heavy atom. The van der Waals surface area contributed by atoms with E-state index in [2.05, 4.69) is 9.98 Å². The number of carboxylic acids is 1. The first-order valence-electron chi connectivity index (χ1n) is 5.04. The van der Waals surface area contributed by atoms with E-state index in [0.29, 0.717) is 5.69 Å². The van der Waals surface area contributed by atoms with E-state index >= 15 is 0 Å². The lowest BCUT2D eigenvalue weighted by atomic mass is 10.2. The molecule has 1 heterocycles. The Labute approximate surface area is 98.3 Å². The van der Waals surface area contributed by atoms with Crippen LogP contribution in [0.25, 0.3) is 0 Å². The first-order chi connectivity index (χ1) is 8.25. The molecule has 1 aromatic heterocycles. The van der Waals surface area contributed by atoms with Crippen molar-refractivity contribution in [2.45, 2.75) is 0 Å². The van der Waals surface area contributed by atoms with Gasteiger partial charge in [-0.3, -0.25) is 9.98 Å². The molecule has 0 aliphatic carbocycles. The minimum absolute atomic E-state index is 0.252. The third-order valence-electron chi connectivity index (χ3n) is 2.15. The first-order valence-corrected chi connectivity index (χ1v) is 5.04. The topological polar surface area (TPSA) is 62.5 Å². The van der Waals surface area contributed by atoms with Gasteiger partial charge in [0, 0.05) is 6.20 Å². The van der Waals surface area contributed by atoms with E-state index in [0.717, 1.165) is 5.69 Å². The first kappa shape index (κ1) is 11.0. The Kier molecular flexibility index (Phi) is 3.25. The van der Waals surface area contributed by atoms with Crippen LogP contribution in [-0.2, 0) is 0 Å². The quantitative estimate of drug-likeness (QED) is 0.818. The van der Waals surface area contributed by atoms with Crippen LogP contribution in [0, 0.1) is 0 Å². The van der Waals surface area contributed by atoms with Crippen LogP contribution in [0.2, 0.25) is 0 Å². The Balaban J connectivity index is 2.14. The zero-order chi connectivity index (χ0) is 12.1. The summed E-state index contributed by atoms with van der Waals surface area (Å²) >= 11 is 0. The van der Waals surface area contributed by atoms with Gasteiger partial charge in [0.2, 0.25) is 0 Å². The summed E-state index contributed by atoms with van der Waals surface area (Å²) in [7, 11) is 0. The maximum Gasteiger partial charge on any atom is 0.335 e. The number of aromatic nitrogens is 1. The van der Waals surface area contributed by atoms with Gasteiger partial charge in [-0.15, -0.1) is 0 Å². The largest absolute Gasteiger partial charge is 0.478 e. The number of benzene rings is 1. The van der Waals surface area contributed by atoms with Crippen LogP contribution in [0.4, 0.5) is 5.69 Å². The number of nitrogens with zero attached hydrogens (tertiary/aromatic N) is 2. The highest BCUT2D eigenvalue weighted by atomic mass is 16.4. The van der Waals surface area contributed by atoms with E-state index in [1.807, 2.05) is 18.2 Å². The van der Waals surface area contributed by atoms with E-state index in [1.165, 1.54) is 12.1 Å². The van der Waals surface area contributed by atoms with E-state index in [4.69, 9.17) is 5.11 Å². The molecule has 17 heavy (non-hydrogen) atoms. The minimum atomic E-state index is -0.940. The smallest absolute Gasteiger partial charge is 0.335 e. The molecule has 0 fully saturated rings. The average molecular weight is 226 g/mol. The molecule has 0 aliphatic heterocycles. The van der Waals surface area contributed by atoms with Crippen molar-refractivity contribution in [1.82, 2.24) is 4.98 Å². The molecule has 4 nitrogen and oxygen atoms in total. The summed E-state index contributed by atoms with van der Waals surface area (Å²) in [6, 6.07) is 11.9. The lowest BCUT2D eigenvalue weighted by Crippen LogP contribution is -1.94. The molecule has 1 N–H and O–H groups in total. The van der Waals surface area contributed by atoms with Crippen LogP contribution in [0.15, 0.2) is 53.7 Å². The standard InChI is InChI=1S/C13H10N2O2/c16-13(17)10-4-6-11(7-5-10)15-9-12-3-1-2-8-14-12/h1-9H,(H,16,17). The summed E-state index contributed by atoms with van der Waals surface area (Å²) in [4.78, 5) is 18.9. The maximum atomic E-state index is 10.6. The van der Waals surface area contributed by atoms with Crippen molar-refractivity contribution < 1.29 is 9.90 Å². The second-order valence-corrected chi connectivity index (χ2v) is 3.36. The van der Waals surface area contributed by atoms with Crippen LogP contribution in [-0.4, -0.2) is 22.3 Å². The van der Waals surface area contributed by atoms with E-state index < -0.39 is 5.97 Å². The molecular weight excluding hydrogens is 216 g/mol. The van der Waals surface area contributed by atoms with Crippen molar-refractivity contribution in [3.63, 3.8) is 0 Å². The van der Waals surface area contributed by atoms with Crippen molar-refractivity contribution >= 4 is 17.9 Å². The molecule has 0 amide bonds. The van der Waals surface area contributed by atoms with E-state index in [1.54, 1.807) is 24.5 Å². The Morgan fingerprint density at radius 1 is 1.18 bits per heavy atom. The predicted molar refractivity (Wildman–Crippen MR) is 64.9 cm³/mol. The third kappa shape index (κ3) is 2.98. The van der Waals surface area contributed by atoms with Crippen molar-refractivity contribution in [3.05, 3.63) is 59.9 Å². The van der Waals surface area contributed by atoms with Gasteiger partial charge in [-0.1, -0.05) is 6.07 Å². The van der Waals surface area contributed by atoms with Gasteiger partial charge < -0.3 is 5.11 Å². The molecule has 0 saturated carbocycles. The van der Waals surface area contributed by atoms with Gasteiger partial charge in [-0.2, -0.15) is 0 Å². The highest BCUT2D eigenvalue weighted by Gasteiger charge is 2.00. The molecule has 0 atom stereocenters. The number of hydrogen-bond acceptors (Lipinski definition) is 3. The number of hydrogen-bond donors (Lipinski definition) is 1. The van der Waals surface area contributed by atoms with Gasteiger partial charge in [-0.05, 0) is 36.4 Å². The van der Waals surface area contributed by atoms with Gasteiger partial charge >= 0.3 is 5.97 Å². The van der Waals surface area contributed by atoms with Gasteiger partial charge in [0.1, 0.15) is 0 Å². The minimum Gasteiger partial charge on any atom is -0.478 e. The normalized spacial score (nSPS) is 10.6. The Morgan fingerprint density at radius 2 is 1.94 bits per heavy atom. The molecule has 2 rings (SSSR count). The fraction of sp³-hybridized carbons (Fsp3) is 0. The number of rotatable bonds is 3. The number of pyridine rings is 1. The second kappa shape index (κ2) is 5.03. The molecule has 84 valence electrons. The summed E-state index contributed by atoms with van der Waals surface area (Å²) in [5, 5.41) is 8.74. The number of aromatic carboxylic acids is 1. The van der Waals surface area contributed by atoms with Gasteiger partial charge in [0.25, 0.3) is 0 Å². The molecule has 0 aliphatic rings. The average Bonchev–Trinajstić information content (AvgIpc) is 2.38. The van der Waals surface area contributed by atoms with Crippen LogP contribution in [0.3, 0.4) is 0 Å². The van der Waals surface area contributed by atoms with Gasteiger partial charge in [-0.25, -0.2) is 4.79 Å². The van der Waals surface area contributed by atoms with Crippen molar-refractivity contribution in [1.29, 1.82) is 0 Å². The fourth-order valence-corrected chi connectivity index (χ4v) is 1.28. The highest BCUT2D eigenvalue weighted by Crippen LogP contribution is 2.12. The molecule has 0 unspecified atom stereocenters. The fourth-order valence-electron chi connectivity index (χ4n) is 1.28.